The summed E-state index contributed by atoms with van der Waals surface area (Å²) in [5.41, 5.74) is 1.69. The minimum Gasteiger partial charge on any atom is -0.352 e. The molecule has 1 aliphatic heterocycles. The van der Waals surface area contributed by atoms with Crippen LogP contribution in [0.5, 0.6) is 0 Å². The molecule has 0 unspecified atom stereocenters. The summed E-state index contributed by atoms with van der Waals surface area (Å²) < 4.78 is 24.7. The van der Waals surface area contributed by atoms with Crippen LogP contribution in [0.1, 0.15) is 30.9 Å². The van der Waals surface area contributed by atoms with Crippen LogP contribution in [0.4, 0.5) is 4.39 Å². The van der Waals surface area contributed by atoms with Crippen molar-refractivity contribution in [2.45, 2.75) is 39.4 Å². The second kappa shape index (κ2) is 6.30. The summed E-state index contributed by atoms with van der Waals surface area (Å²) >= 11 is 0. The highest BCUT2D eigenvalue weighted by atomic mass is 19.1. The molecule has 0 atom stereocenters. The minimum atomic E-state index is -0.135. The number of aryl methyl sites for hydroxylation is 2. The molecule has 1 aliphatic rings. The highest BCUT2D eigenvalue weighted by Gasteiger charge is 2.20. The Balaban J connectivity index is 1.79. The van der Waals surface area contributed by atoms with Crippen LogP contribution in [-0.4, -0.2) is 19.5 Å². The van der Waals surface area contributed by atoms with Gasteiger partial charge in [0.2, 0.25) is 0 Å². The molecule has 0 bridgehead atoms. The number of benzene rings is 1. The first-order valence-electron chi connectivity index (χ1n) is 6.67. The molecule has 18 heavy (non-hydrogen) atoms. The fraction of sp³-hybridized carbons (Fsp3) is 0.600. The Morgan fingerprint density at radius 1 is 1.28 bits per heavy atom. The van der Waals surface area contributed by atoms with E-state index in [-0.39, 0.29) is 12.1 Å². The van der Waals surface area contributed by atoms with Gasteiger partial charge >= 0.3 is 0 Å². The van der Waals surface area contributed by atoms with Gasteiger partial charge in [0, 0.05) is 12.3 Å². The lowest BCUT2D eigenvalue weighted by Gasteiger charge is -2.28. The van der Waals surface area contributed by atoms with Crippen molar-refractivity contribution >= 4 is 0 Å². The molecule has 0 radical (unpaired) electrons. The van der Waals surface area contributed by atoms with Gasteiger partial charge in [0.05, 0.1) is 13.2 Å². The van der Waals surface area contributed by atoms with Crippen molar-refractivity contribution in [1.82, 2.24) is 0 Å². The van der Waals surface area contributed by atoms with E-state index in [1.807, 2.05) is 12.1 Å². The van der Waals surface area contributed by atoms with E-state index in [1.165, 1.54) is 0 Å². The standard InChI is InChI=1S/C15H21FO2/c1-3-12-9-17-15(18-10-12)7-6-13-5-4-11(2)14(16)8-13/h4-5,8,12,15H,3,6-7,9-10H2,1-2H3. The van der Waals surface area contributed by atoms with Gasteiger partial charge in [0.15, 0.2) is 6.29 Å². The predicted molar refractivity (Wildman–Crippen MR) is 68.9 cm³/mol. The van der Waals surface area contributed by atoms with Crippen molar-refractivity contribution in [2.24, 2.45) is 5.92 Å². The third-order valence-corrected chi connectivity index (χ3v) is 3.52. The Morgan fingerprint density at radius 2 is 2.00 bits per heavy atom. The average molecular weight is 252 g/mol. The van der Waals surface area contributed by atoms with Crippen LogP contribution < -0.4 is 0 Å². The van der Waals surface area contributed by atoms with Crippen LogP contribution in [0.15, 0.2) is 18.2 Å². The van der Waals surface area contributed by atoms with Crippen molar-refractivity contribution in [1.29, 1.82) is 0 Å². The highest BCUT2D eigenvalue weighted by Crippen LogP contribution is 2.18. The molecule has 0 aromatic heterocycles. The van der Waals surface area contributed by atoms with Gasteiger partial charge in [0.25, 0.3) is 0 Å². The van der Waals surface area contributed by atoms with Crippen molar-refractivity contribution < 1.29 is 13.9 Å². The smallest absolute Gasteiger partial charge is 0.157 e. The van der Waals surface area contributed by atoms with E-state index in [2.05, 4.69) is 6.92 Å². The molecular weight excluding hydrogens is 231 g/mol. The molecule has 0 aliphatic carbocycles. The fourth-order valence-electron chi connectivity index (χ4n) is 2.06. The first kappa shape index (κ1) is 13.5. The van der Waals surface area contributed by atoms with Crippen LogP contribution in [0.3, 0.4) is 0 Å². The van der Waals surface area contributed by atoms with E-state index < -0.39 is 0 Å². The van der Waals surface area contributed by atoms with Gasteiger partial charge in [0.1, 0.15) is 5.82 Å². The molecule has 1 heterocycles. The van der Waals surface area contributed by atoms with Gasteiger partial charge in [-0.3, -0.25) is 0 Å². The van der Waals surface area contributed by atoms with E-state index in [1.54, 1.807) is 13.0 Å². The Labute approximate surface area is 108 Å². The van der Waals surface area contributed by atoms with Crippen LogP contribution in [-0.2, 0) is 15.9 Å². The van der Waals surface area contributed by atoms with Crippen molar-refractivity contribution in [3.63, 3.8) is 0 Å². The van der Waals surface area contributed by atoms with Gasteiger partial charge in [-0.05, 0) is 37.0 Å². The molecule has 0 spiro atoms. The van der Waals surface area contributed by atoms with Crippen molar-refractivity contribution in [2.75, 3.05) is 13.2 Å². The third-order valence-electron chi connectivity index (χ3n) is 3.52. The molecule has 0 saturated carbocycles. The molecule has 1 fully saturated rings. The number of rotatable bonds is 4. The molecule has 3 heteroatoms. The maximum absolute atomic E-state index is 13.4. The summed E-state index contributed by atoms with van der Waals surface area (Å²) in [5, 5.41) is 0. The highest BCUT2D eigenvalue weighted by molar-refractivity contribution is 5.23. The van der Waals surface area contributed by atoms with Gasteiger partial charge in [-0.25, -0.2) is 4.39 Å². The molecule has 0 N–H and O–H groups in total. The second-order valence-corrected chi connectivity index (χ2v) is 4.99. The average Bonchev–Trinajstić information content (AvgIpc) is 2.41. The van der Waals surface area contributed by atoms with E-state index >= 15 is 0 Å². The van der Waals surface area contributed by atoms with Crippen molar-refractivity contribution in [3.8, 4) is 0 Å². The monoisotopic (exact) mass is 252 g/mol. The number of halogens is 1. The number of ether oxygens (including phenoxy) is 2. The molecule has 0 amide bonds. The molecule has 100 valence electrons. The molecular formula is C15H21FO2. The summed E-state index contributed by atoms with van der Waals surface area (Å²) in [4.78, 5) is 0. The number of hydrogen-bond acceptors (Lipinski definition) is 2. The van der Waals surface area contributed by atoms with E-state index in [4.69, 9.17) is 9.47 Å². The third kappa shape index (κ3) is 3.53. The Morgan fingerprint density at radius 3 is 2.61 bits per heavy atom. The van der Waals surface area contributed by atoms with Crippen LogP contribution in [0.2, 0.25) is 0 Å². The molecule has 1 saturated heterocycles. The molecule has 1 aromatic rings. The van der Waals surface area contributed by atoms with Crippen molar-refractivity contribution in [3.05, 3.63) is 35.1 Å². The van der Waals surface area contributed by atoms with Crippen LogP contribution >= 0.6 is 0 Å². The summed E-state index contributed by atoms with van der Waals surface area (Å²) in [6.45, 7) is 5.48. The number of hydrogen-bond donors (Lipinski definition) is 0. The van der Waals surface area contributed by atoms with Crippen LogP contribution in [0.25, 0.3) is 0 Å². The van der Waals surface area contributed by atoms with Gasteiger partial charge in [-0.15, -0.1) is 0 Å². The maximum Gasteiger partial charge on any atom is 0.157 e. The molecule has 2 nitrogen and oxygen atoms in total. The molecule has 1 aromatic carbocycles. The van der Waals surface area contributed by atoms with E-state index in [0.29, 0.717) is 11.5 Å². The molecule has 2 rings (SSSR count). The zero-order valence-electron chi connectivity index (χ0n) is 11.1. The lowest BCUT2D eigenvalue weighted by atomic mass is 10.1. The normalized spacial score (nSPS) is 24.2. The van der Waals surface area contributed by atoms with Gasteiger partial charge in [-0.2, -0.15) is 0 Å². The van der Waals surface area contributed by atoms with Crippen LogP contribution in [0, 0.1) is 18.7 Å². The first-order chi connectivity index (χ1) is 8.69. The van der Waals surface area contributed by atoms with E-state index in [9.17, 15) is 4.39 Å². The lowest BCUT2D eigenvalue weighted by molar-refractivity contribution is -0.202. The summed E-state index contributed by atoms with van der Waals surface area (Å²) in [6.07, 6.45) is 2.55. The maximum atomic E-state index is 13.4. The largest absolute Gasteiger partial charge is 0.352 e. The summed E-state index contributed by atoms with van der Waals surface area (Å²) in [6, 6.07) is 5.39. The second-order valence-electron chi connectivity index (χ2n) is 4.99. The topological polar surface area (TPSA) is 18.5 Å². The van der Waals surface area contributed by atoms with Gasteiger partial charge in [-0.1, -0.05) is 19.1 Å². The quantitative estimate of drug-likeness (QED) is 0.817. The zero-order chi connectivity index (χ0) is 13.0. The Hall–Kier alpha value is -0.930. The lowest BCUT2D eigenvalue weighted by Crippen LogP contribution is -2.32. The van der Waals surface area contributed by atoms with Gasteiger partial charge < -0.3 is 9.47 Å². The van der Waals surface area contributed by atoms with E-state index in [0.717, 1.165) is 38.0 Å². The summed E-state index contributed by atoms with van der Waals surface area (Å²) in [7, 11) is 0. The Bertz CT molecular complexity index is 384. The first-order valence-corrected chi connectivity index (χ1v) is 6.67. The minimum absolute atomic E-state index is 0.128. The summed E-state index contributed by atoms with van der Waals surface area (Å²) in [5.74, 6) is 0.391. The SMILES string of the molecule is CCC1COC(CCc2ccc(C)c(F)c2)OC1. The Kier molecular flexibility index (Phi) is 4.72. The zero-order valence-corrected chi connectivity index (χ0v) is 11.1. The fourth-order valence-corrected chi connectivity index (χ4v) is 2.06. The predicted octanol–water partition coefficient (Wildman–Crippen LogP) is 3.47.